The molecule has 0 spiro atoms. The number of rotatable bonds is 5. The number of thiazole rings is 2. The van der Waals surface area contributed by atoms with E-state index in [1.165, 1.54) is 22.7 Å². The van der Waals surface area contributed by atoms with Crippen LogP contribution in [0.4, 0.5) is 0 Å². The molecule has 164 valence electrons. The highest BCUT2D eigenvalue weighted by molar-refractivity contribution is 7.15. The van der Waals surface area contributed by atoms with Gasteiger partial charge in [0.2, 0.25) is 0 Å². The van der Waals surface area contributed by atoms with Gasteiger partial charge in [-0.1, -0.05) is 23.7 Å². The number of aryl methyl sites for hydroxylation is 2. The molecule has 7 nitrogen and oxygen atoms in total. The second kappa shape index (κ2) is 8.31. The number of imidazole rings is 1. The molecular weight excluding hydrogens is 466 g/mol. The van der Waals surface area contributed by atoms with Gasteiger partial charge >= 0.3 is 0 Å². The largest absolute Gasteiger partial charge is 0.349 e. The Morgan fingerprint density at radius 1 is 1.22 bits per heavy atom. The van der Waals surface area contributed by atoms with Crippen LogP contribution in [-0.4, -0.2) is 50.2 Å². The standard InChI is InChI=1S/C22H20ClN5O2S2/c1-12-18(28-9-10-31-22(28)25-12)20(29)24-11-16-7-8-27(16)21(30)17-19(32-13(2)26-17)14-3-5-15(23)6-4-14/h3-6,9-10,16H,7-8,11H2,1-2H3,(H,24,29). The molecule has 2 amide bonds. The average Bonchev–Trinajstić information content (AvgIpc) is 3.41. The lowest BCUT2D eigenvalue weighted by molar-refractivity contribution is 0.0451. The van der Waals surface area contributed by atoms with E-state index < -0.39 is 0 Å². The number of nitrogens with zero attached hydrogens (tertiary/aromatic N) is 4. The molecule has 4 aromatic rings. The molecule has 1 aromatic carbocycles. The minimum Gasteiger partial charge on any atom is -0.349 e. The number of likely N-dealkylation sites (tertiary alicyclic amines) is 1. The van der Waals surface area contributed by atoms with E-state index in [4.69, 9.17) is 11.6 Å². The molecule has 1 aliphatic rings. The summed E-state index contributed by atoms with van der Waals surface area (Å²) in [6.07, 6.45) is 2.68. The number of carbonyl (C=O) groups is 2. The van der Waals surface area contributed by atoms with Crippen LogP contribution in [0.15, 0.2) is 35.8 Å². The van der Waals surface area contributed by atoms with Crippen molar-refractivity contribution in [2.75, 3.05) is 13.1 Å². The first kappa shape index (κ1) is 21.1. The molecule has 1 saturated heterocycles. The Morgan fingerprint density at radius 3 is 2.72 bits per heavy atom. The Kier molecular flexibility index (Phi) is 5.48. The summed E-state index contributed by atoms with van der Waals surface area (Å²) in [7, 11) is 0. The molecule has 1 aliphatic heterocycles. The van der Waals surface area contributed by atoms with Gasteiger partial charge in [0.25, 0.3) is 11.8 Å². The molecule has 0 bridgehead atoms. The summed E-state index contributed by atoms with van der Waals surface area (Å²) < 4.78 is 1.80. The van der Waals surface area contributed by atoms with E-state index in [9.17, 15) is 9.59 Å². The van der Waals surface area contributed by atoms with Crippen LogP contribution in [-0.2, 0) is 0 Å². The van der Waals surface area contributed by atoms with Gasteiger partial charge in [-0.15, -0.1) is 22.7 Å². The van der Waals surface area contributed by atoms with Gasteiger partial charge in [-0.05, 0) is 38.0 Å². The fourth-order valence-electron chi connectivity index (χ4n) is 3.89. The van der Waals surface area contributed by atoms with Gasteiger partial charge in [0.1, 0.15) is 11.4 Å². The predicted molar refractivity (Wildman–Crippen MR) is 127 cm³/mol. The van der Waals surface area contributed by atoms with E-state index in [2.05, 4.69) is 15.3 Å². The Labute approximate surface area is 197 Å². The first-order chi connectivity index (χ1) is 15.4. The molecule has 1 fully saturated rings. The van der Waals surface area contributed by atoms with Crippen LogP contribution in [0.1, 0.15) is 38.1 Å². The number of fused-ring (bicyclic) bond motifs is 1. The normalized spacial score (nSPS) is 15.7. The maximum absolute atomic E-state index is 13.3. The highest BCUT2D eigenvalue weighted by Crippen LogP contribution is 2.33. The lowest BCUT2D eigenvalue weighted by Gasteiger charge is -2.40. The maximum atomic E-state index is 13.3. The number of aromatic nitrogens is 3. The molecule has 1 unspecified atom stereocenters. The SMILES string of the molecule is Cc1nc(C(=O)N2CCC2CNC(=O)c2c(C)nc3sccn23)c(-c2ccc(Cl)cc2)s1. The van der Waals surface area contributed by atoms with Gasteiger partial charge in [0.05, 0.1) is 21.6 Å². The molecule has 0 aliphatic carbocycles. The Hall–Kier alpha value is -2.75. The van der Waals surface area contributed by atoms with E-state index in [1.54, 1.807) is 9.30 Å². The van der Waals surface area contributed by atoms with Gasteiger partial charge in [-0.2, -0.15) is 0 Å². The van der Waals surface area contributed by atoms with Gasteiger partial charge in [0.15, 0.2) is 4.96 Å². The van der Waals surface area contributed by atoms with Crippen LogP contribution in [0.2, 0.25) is 5.02 Å². The summed E-state index contributed by atoms with van der Waals surface area (Å²) in [5.41, 5.74) is 2.61. The van der Waals surface area contributed by atoms with E-state index >= 15 is 0 Å². The molecule has 1 atom stereocenters. The van der Waals surface area contributed by atoms with E-state index in [0.29, 0.717) is 35.2 Å². The number of hydrogen-bond acceptors (Lipinski definition) is 6. The summed E-state index contributed by atoms with van der Waals surface area (Å²) in [6, 6.07) is 7.37. The molecule has 0 saturated carbocycles. The van der Waals surface area contributed by atoms with Crippen LogP contribution in [0.3, 0.4) is 0 Å². The minimum absolute atomic E-state index is 0.0577. The van der Waals surface area contributed by atoms with Crippen LogP contribution in [0.5, 0.6) is 0 Å². The van der Waals surface area contributed by atoms with Crippen molar-refractivity contribution in [2.24, 2.45) is 0 Å². The number of halogens is 1. The van der Waals surface area contributed by atoms with Gasteiger partial charge in [-0.3, -0.25) is 14.0 Å². The zero-order valence-electron chi connectivity index (χ0n) is 17.5. The third kappa shape index (κ3) is 3.70. The molecule has 32 heavy (non-hydrogen) atoms. The third-order valence-corrected chi connectivity index (χ3v) is 7.63. The maximum Gasteiger partial charge on any atom is 0.274 e. The van der Waals surface area contributed by atoms with Gasteiger partial charge < -0.3 is 10.2 Å². The van der Waals surface area contributed by atoms with Crippen molar-refractivity contribution in [3.05, 3.63) is 63.0 Å². The Bertz CT molecular complexity index is 1320. The molecule has 3 aromatic heterocycles. The summed E-state index contributed by atoms with van der Waals surface area (Å²) in [6.45, 7) is 4.77. The topological polar surface area (TPSA) is 79.6 Å². The summed E-state index contributed by atoms with van der Waals surface area (Å²) in [5.74, 6) is -0.287. The zero-order chi connectivity index (χ0) is 22.4. The number of carbonyl (C=O) groups excluding carboxylic acids is 2. The van der Waals surface area contributed by atoms with Crippen molar-refractivity contribution in [1.82, 2.24) is 24.6 Å². The van der Waals surface area contributed by atoms with Crippen LogP contribution < -0.4 is 5.32 Å². The number of nitrogens with one attached hydrogen (secondary N) is 1. The highest BCUT2D eigenvalue weighted by atomic mass is 35.5. The monoisotopic (exact) mass is 485 g/mol. The second-order valence-electron chi connectivity index (χ2n) is 7.67. The molecule has 10 heteroatoms. The lowest BCUT2D eigenvalue weighted by atomic mass is 10.0. The van der Waals surface area contributed by atoms with Crippen LogP contribution >= 0.6 is 34.3 Å². The van der Waals surface area contributed by atoms with Gasteiger partial charge in [-0.25, -0.2) is 9.97 Å². The first-order valence-electron chi connectivity index (χ1n) is 10.2. The van der Waals surface area contributed by atoms with Crippen molar-refractivity contribution >= 4 is 51.0 Å². The van der Waals surface area contributed by atoms with Crippen molar-refractivity contribution in [2.45, 2.75) is 26.3 Å². The molecule has 4 heterocycles. The fraction of sp³-hybridized carbons (Fsp3) is 0.273. The summed E-state index contributed by atoms with van der Waals surface area (Å²) in [5, 5.41) is 6.36. The number of hydrogen-bond donors (Lipinski definition) is 1. The van der Waals surface area contributed by atoms with Crippen molar-refractivity contribution in [3.8, 4) is 10.4 Å². The van der Waals surface area contributed by atoms with Crippen LogP contribution in [0, 0.1) is 13.8 Å². The average molecular weight is 486 g/mol. The van der Waals surface area contributed by atoms with E-state index in [1.807, 2.05) is 49.7 Å². The Morgan fingerprint density at radius 2 is 2.00 bits per heavy atom. The number of benzene rings is 1. The third-order valence-electron chi connectivity index (χ3n) is 5.60. The highest BCUT2D eigenvalue weighted by Gasteiger charge is 2.35. The predicted octanol–water partition coefficient (Wildman–Crippen LogP) is 4.43. The first-order valence-corrected chi connectivity index (χ1v) is 12.2. The minimum atomic E-state index is -0.181. The van der Waals surface area contributed by atoms with Crippen molar-refractivity contribution in [3.63, 3.8) is 0 Å². The zero-order valence-corrected chi connectivity index (χ0v) is 19.9. The smallest absolute Gasteiger partial charge is 0.274 e. The summed E-state index contributed by atoms with van der Waals surface area (Å²) in [4.78, 5) is 38.5. The van der Waals surface area contributed by atoms with Gasteiger partial charge in [0, 0.05) is 29.7 Å². The lowest BCUT2D eigenvalue weighted by Crippen LogP contribution is -2.56. The molecular formula is C22H20ClN5O2S2. The fourth-order valence-corrected chi connectivity index (χ4v) is 5.69. The second-order valence-corrected chi connectivity index (χ2v) is 10.2. The van der Waals surface area contributed by atoms with E-state index in [0.717, 1.165) is 26.8 Å². The quantitative estimate of drug-likeness (QED) is 0.453. The summed E-state index contributed by atoms with van der Waals surface area (Å²) >= 11 is 9.00. The van der Waals surface area contributed by atoms with Crippen molar-refractivity contribution in [1.29, 1.82) is 0 Å². The molecule has 5 rings (SSSR count). The number of amides is 2. The van der Waals surface area contributed by atoms with Crippen molar-refractivity contribution < 1.29 is 9.59 Å². The Balaban J connectivity index is 1.30. The molecule has 0 radical (unpaired) electrons. The van der Waals surface area contributed by atoms with E-state index in [-0.39, 0.29) is 17.9 Å². The molecule has 1 N–H and O–H groups in total. The van der Waals surface area contributed by atoms with Crippen LogP contribution in [0.25, 0.3) is 15.4 Å².